The van der Waals surface area contributed by atoms with Crippen molar-refractivity contribution in [3.8, 4) is 0 Å². The van der Waals surface area contributed by atoms with Gasteiger partial charge in [0.2, 0.25) is 6.41 Å². The number of carbonyl (C=O) groups excluding carboxylic acids is 2. The third kappa shape index (κ3) is 4.49. The summed E-state index contributed by atoms with van der Waals surface area (Å²) >= 11 is 0. The van der Waals surface area contributed by atoms with Crippen molar-refractivity contribution < 1.29 is 9.59 Å². The van der Waals surface area contributed by atoms with Crippen molar-refractivity contribution in [1.29, 1.82) is 0 Å². The second-order valence-electron chi connectivity index (χ2n) is 6.64. The van der Waals surface area contributed by atoms with Crippen molar-refractivity contribution in [3.63, 3.8) is 0 Å². The van der Waals surface area contributed by atoms with Gasteiger partial charge in [0.25, 0.3) is 5.91 Å². The van der Waals surface area contributed by atoms with Crippen LogP contribution in [-0.2, 0) is 24.3 Å². The molecule has 2 aromatic rings. The average Bonchev–Trinajstić information content (AvgIpc) is 2.67. The predicted molar refractivity (Wildman–Crippen MR) is 103 cm³/mol. The lowest BCUT2D eigenvalue weighted by atomic mass is 10.0. The Hall–Kier alpha value is -2.66. The standard InChI is InChI=1S/C21H25N3O2/c1-2-10-24(15-25)14-16-4-3-5-18(11-16)21(26)23-20-7-6-17-8-9-22-13-19(17)12-20/h3-7,11-12,15,22H,2,8-10,13-14H2,1H3,(H,23,26). The van der Waals surface area contributed by atoms with Crippen LogP contribution in [0.15, 0.2) is 42.5 Å². The van der Waals surface area contributed by atoms with Gasteiger partial charge in [0.1, 0.15) is 0 Å². The molecular formula is C21H25N3O2. The molecule has 0 aromatic heterocycles. The number of hydrogen-bond acceptors (Lipinski definition) is 3. The summed E-state index contributed by atoms with van der Waals surface area (Å²) in [4.78, 5) is 25.4. The van der Waals surface area contributed by atoms with Crippen LogP contribution in [0, 0.1) is 0 Å². The Kier molecular flexibility index (Phi) is 6.02. The van der Waals surface area contributed by atoms with Crippen LogP contribution in [0.2, 0.25) is 0 Å². The Balaban J connectivity index is 1.70. The number of amides is 2. The summed E-state index contributed by atoms with van der Waals surface area (Å²) in [6.07, 6.45) is 2.79. The quantitative estimate of drug-likeness (QED) is 0.754. The molecule has 0 spiro atoms. The van der Waals surface area contributed by atoms with E-state index < -0.39 is 0 Å². The van der Waals surface area contributed by atoms with E-state index >= 15 is 0 Å². The van der Waals surface area contributed by atoms with E-state index in [0.29, 0.717) is 18.7 Å². The number of anilines is 1. The molecule has 0 saturated heterocycles. The summed E-state index contributed by atoms with van der Waals surface area (Å²) < 4.78 is 0. The normalized spacial score (nSPS) is 13.0. The molecule has 0 atom stereocenters. The molecule has 0 radical (unpaired) electrons. The predicted octanol–water partition coefficient (Wildman–Crippen LogP) is 2.95. The lowest BCUT2D eigenvalue weighted by molar-refractivity contribution is -0.118. The van der Waals surface area contributed by atoms with Gasteiger partial charge in [-0.1, -0.05) is 25.1 Å². The van der Waals surface area contributed by atoms with E-state index in [0.717, 1.165) is 43.6 Å². The van der Waals surface area contributed by atoms with Crippen molar-refractivity contribution in [1.82, 2.24) is 10.2 Å². The molecule has 2 N–H and O–H groups in total. The highest BCUT2D eigenvalue weighted by Gasteiger charge is 2.12. The van der Waals surface area contributed by atoms with Crippen LogP contribution in [0.4, 0.5) is 5.69 Å². The fourth-order valence-electron chi connectivity index (χ4n) is 3.26. The Morgan fingerprint density at radius 1 is 1.23 bits per heavy atom. The highest BCUT2D eigenvalue weighted by molar-refractivity contribution is 6.04. The van der Waals surface area contributed by atoms with Gasteiger partial charge >= 0.3 is 0 Å². The number of benzene rings is 2. The molecule has 5 heteroatoms. The molecular weight excluding hydrogens is 326 g/mol. The first-order valence-electron chi connectivity index (χ1n) is 9.11. The minimum Gasteiger partial charge on any atom is -0.341 e. The Labute approximate surface area is 154 Å². The van der Waals surface area contributed by atoms with E-state index in [4.69, 9.17) is 0 Å². The minimum atomic E-state index is -0.135. The molecule has 3 rings (SSSR count). The van der Waals surface area contributed by atoms with Gasteiger partial charge in [0.05, 0.1) is 0 Å². The number of hydrogen-bond donors (Lipinski definition) is 2. The monoisotopic (exact) mass is 351 g/mol. The van der Waals surface area contributed by atoms with Gasteiger partial charge in [-0.2, -0.15) is 0 Å². The zero-order valence-corrected chi connectivity index (χ0v) is 15.1. The van der Waals surface area contributed by atoms with E-state index in [1.54, 1.807) is 11.0 Å². The topological polar surface area (TPSA) is 61.4 Å². The maximum absolute atomic E-state index is 12.6. The van der Waals surface area contributed by atoms with Crippen molar-refractivity contribution in [3.05, 3.63) is 64.7 Å². The molecule has 5 nitrogen and oxygen atoms in total. The first-order chi connectivity index (χ1) is 12.7. The molecule has 1 aliphatic heterocycles. The van der Waals surface area contributed by atoms with E-state index in [2.05, 4.69) is 16.7 Å². The number of carbonyl (C=O) groups is 2. The maximum Gasteiger partial charge on any atom is 0.255 e. The number of fused-ring (bicyclic) bond motifs is 1. The summed E-state index contributed by atoms with van der Waals surface area (Å²) in [7, 11) is 0. The van der Waals surface area contributed by atoms with Gasteiger partial charge in [-0.3, -0.25) is 9.59 Å². The first kappa shape index (κ1) is 18.1. The minimum absolute atomic E-state index is 0.135. The van der Waals surface area contributed by atoms with Crippen LogP contribution in [-0.4, -0.2) is 30.3 Å². The summed E-state index contributed by atoms with van der Waals surface area (Å²) in [5.41, 5.74) is 4.94. The van der Waals surface area contributed by atoms with Crippen LogP contribution in [0.5, 0.6) is 0 Å². The Bertz CT molecular complexity index is 789. The largest absolute Gasteiger partial charge is 0.341 e. The highest BCUT2D eigenvalue weighted by Crippen LogP contribution is 2.20. The first-order valence-corrected chi connectivity index (χ1v) is 9.11. The van der Waals surface area contributed by atoms with Crippen LogP contribution < -0.4 is 10.6 Å². The molecule has 0 bridgehead atoms. The van der Waals surface area contributed by atoms with Crippen molar-refractivity contribution in [2.75, 3.05) is 18.4 Å². The molecule has 0 unspecified atom stereocenters. The number of nitrogens with zero attached hydrogens (tertiary/aromatic N) is 1. The van der Waals surface area contributed by atoms with Crippen LogP contribution in [0.25, 0.3) is 0 Å². The second kappa shape index (κ2) is 8.63. The molecule has 0 saturated carbocycles. The van der Waals surface area contributed by atoms with Crippen molar-refractivity contribution >= 4 is 18.0 Å². The van der Waals surface area contributed by atoms with E-state index in [-0.39, 0.29) is 5.91 Å². The molecule has 1 heterocycles. The maximum atomic E-state index is 12.6. The molecule has 2 aromatic carbocycles. The lowest BCUT2D eigenvalue weighted by Gasteiger charge is -2.18. The van der Waals surface area contributed by atoms with Gasteiger partial charge in [-0.25, -0.2) is 0 Å². The second-order valence-corrected chi connectivity index (χ2v) is 6.64. The fourth-order valence-corrected chi connectivity index (χ4v) is 3.26. The highest BCUT2D eigenvalue weighted by atomic mass is 16.1. The summed E-state index contributed by atoms with van der Waals surface area (Å²) in [6, 6.07) is 13.5. The van der Waals surface area contributed by atoms with Gasteiger partial charge in [0, 0.05) is 30.9 Å². The van der Waals surface area contributed by atoms with Crippen molar-refractivity contribution in [2.45, 2.75) is 32.9 Å². The molecule has 0 fully saturated rings. The van der Waals surface area contributed by atoms with Crippen LogP contribution >= 0.6 is 0 Å². The number of rotatable bonds is 7. The molecule has 1 aliphatic rings. The van der Waals surface area contributed by atoms with Crippen LogP contribution in [0.3, 0.4) is 0 Å². The zero-order chi connectivity index (χ0) is 18.4. The summed E-state index contributed by atoms with van der Waals surface area (Å²) in [5, 5.41) is 6.33. The summed E-state index contributed by atoms with van der Waals surface area (Å²) in [5.74, 6) is -0.135. The zero-order valence-electron chi connectivity index (χ0n) is 15.1. The average molecular weight is 351 g/mol. The number of nitrogens with one attached hydrogen (secondary N) is 2. The molecule has 26 heavy (non-hydrogen) atoms. The molecule has 136 valence electrons. The SMILES string of the molecule is CCCN(C=O)Cc1cccc(C(=O)Nc2ccc3c(c2)CNCC3)c1. The van der Waals surface area contributed by atoms with Gasteiger partial charge < -0.3 is 15.5 Å². The Morgan fingerprint density at radius 2 is 2.12 bits per heavy atom. The molecule has 2 amide bonds. The summed E-state index contributed by atoms with van der Waals surface area (Å²) in [6.45, 7) is 5.11. The fraction of sp³-hybridized carbons (Fsp3) is 0.333. The third-order valence-corrected chi connectivity index (χ3v) is 4.59. The molecule has 0 aliphatic carbocycles. The van der Waals surface area contributed by atoms with E-state index in [1.807, 2.05) is 37.3 Å². The van der Waals surface area contributed by atoms with Gasteiger partial charge in [-0.15, -0.1) is 0 Å². The van der Waals surface area contributed by atoms with Crippen molar-refractivity contribution in [2.24, 2.45) is 0 Å². The van der Waals surface area contributed by atoms with E-state index in [9.17, 15) is 9.59 Å². The van der Waals surface area contributed by atoms with E-state index in [1.165, 1.54) is 11.1 Å². The Morgan fingerprint density at radius 3 is 2.92 bits per heavy atom. The van der Waals surface area contributed by atoms with Gasteiger partial charge in [-0.05, 0) is 60.3 Å². The lowest BCUT2D eigenvalue weighted by Crippen LogP contribution is -2.24. The van der Waals surface area contributed by atoms with Gasteiger partial charge in [0.15, 0.2) is 0 Å². The van der Waals surface area contributed by atoms with Crippen LogP contribution in [0.1, 0.15) is 40.4 Å². The third-order valence-electron chi connectivity index (χ3n) is 4.59. The smallest absolute Gasteiger partial charge is 0.255 e.